The number of hydrogen-bond acceptors (Lipinski definition) is 4. The summed E-state index contributed by atoms with van der Waals surface area (Å²) in [4.78, 5) is 8.30. The van der Waals surface area contributed by atoms with Crippen LogP contribution < -0.4 is 0 Å². The molecule has 0 aliphatic heterocycles. The van der Waals surface area contributed by atoms with E-state index in [9.17, 15) is 0 Å². The molecule has 0 aliphatic carbocycles. The van der Waals surface area contributed by atoms with Crippen molar-refractivity contribution >= 4 is 23.4 Å². The van der Waals surface area contributed by atoms with E-state index in [2.05, 4.69) is 9.97 Å². The first-order valence-corrected chi connectivity index (χ1v) is 6.43. The highest BCUT2D eigenvalue weighted by Gasteiger charge is 1.99. The summed E-state index contributed by atoms with van der Waals surface area (Å²) in [5.41, 5.74) is 1.90. The SMILES string of the molecule is OCc1cnc(SCc2ccc(Cl)cc2)nc1. The van der Waals surface area contributed by atoms with Crippen molar-refractivity contribution in [2.75, 3.05) is 0 Å². The number of hydrogen-bond donors (Lipinski definition) is 1. The number of aromatic nitrogens is 2. The largest absolute Gasteiger partial charge is 0.392 e. The van der Waals surface area contributed by atoms with Crippen LogP contribution in [0.2, 0.25) is 5.02 Å². The Hall–Kier alpha value is -1.10. The fourth-order valence-corrected chi connectivity index (χ4v) is 2.10. The predicted molar refractivity (Wildman–Crippen MR) is 69.0 cm³/mol. The molecular formula is C12H11ClN2OS. The van der Waals surface area contributed by atoms with Crippen LogP contribution in [-0.4, -0.2) is 15.1 Å². The Morgan fingerprint density at radius 3 is 2.29 bits per heavy atom. The van der Waals surface area contributed by atoms with Crippen LogP contribution in [0.25, 0.3) is 0 Å². The zero-order chi connectivity index (χ0) is 12.1. The summed E-state index contributed by atoms with van der Waals surface area (Å²) in [6.45, 7) is -0.0257. The number of thioether (sulfide) groups is 1. The van der Waals surface area contributed by atoms with E-state index in [4.69, 9.17) is 16.7 Å². The molecule has 0 saturated heterocycles. The topological polar surface area (TPSA) is 46.0 Å². The minimum Gasteiger partial charge on any atom is -0.392 e. The third-order valence-electron chi connectivity index (χ3n) is 2.15. The van der Waals surface area contributed by atoms with Gasteiger partial charge in [0.15, 0.2) is 5.16 Å². The lowest BCUT2D eigenvalue weighted by atomic mass is 10.2. The summed E-state index contributed by atoms with van der Waals surface area (Å²) >= 11 is 7.36. The van der Waals surface area contributed by atoms with Crippen molar-refractivity contribution in [2.45, 2.75) is 17.5 Å². The lowest BCUT2D eigenvalue weighted by Gasteiger charge is -2.01. The molecule has 0 amide bonds. The maximum absolute atomic E-state index is 8.86. The Labute approximate surface area is 109 Å². The molecule has 0 saturated carbocycles. The van der Waals surface area contributed by atoms with Gasteiger partial charge in [0, 0.05) is 28.7 Å². The highest BCUT2D eigenvalue weighted by molar-refractivity contribution is 7.98. The molecule has 1 heterocycles. The molecule has 1 N–H and O–H groups in total. The Bertz CT molecular complexity index is 473. The van der Waals surface area contributed by atoms with Crippen molar-refractivity contribution < 1.29 is 5.11 Å². The summed E-state index contributed by atoms with van der Waals surface area (Å²) in [5.74, 6) is 0.801. The van der Waals surface area contributed by atoms with Crippen molar-refractivity contribution in [3.63, 3.8) is 0 Å². The van der Waals surface area contributed by atoms with E-state index in [0.717, 1.165) is 16.3 Å². The van der Waals surface area contributed by atoms with Gasteiger partial charge >= 0.3 is 0 Å². The van der Waals surface area contributed by atoms with Gasteiger partial charge in [-0.25, -0.2) is 9.97 Å². The standard InChI is InChI=1S/C12H11ClN2OS/c13-11-3-1-9(2-4-11)8-17-12-14-5-10(7-16)6-15-12/h1-6,16H,7-8H2. The van der Waals surface area contributed by atoms with Gasteiger partial charge in [-0.2, -0.15) is 0 Å². The average molecular weight is 267 g/mol. The van der Waals surface area contributed by atoms with Crippen molar-refractivity contribution in [3.8, 4) is 0 Å². The minimum absolute atomic E-state index is 0.0257. The molecule has 0 atom stereocenters. The predicted octanol–water partition coefficient (Wildman–Crippen LogP) is 2.91. The van der Waals surface area contributed by atoms with Crippen LogP contribution in [0.4, 0.5) is 0 Å². The first-order chi connectivity index (χ1) is 8.28. The Morgan fingerprint density at radius 1 is 1.06 bits per heavy atom. The second kappa shape index (κ2) is 6.00. The van der Waals surface area contributed by atoms with Crippen LogP contribution in [-0.2, 0) is 12.4 Å². The maximum atomic E-state index is 8.86. The molecule has 0 fully saturated rings. The number of halogens is 1. The highest BCUT2D eigenvalue weighted by atomic mass is 35.5. The molecule has 2 rings (SSSR count). The monoisotopic (exact) mass is 266 g/mol. The lowest BCUT2D eigenvalue weighted by Crippen LogP contribution is -1.91. The molecular weight excluding hydrogens is 256 g/mol. The van der Waals surface area contributed by atoms with E-state index in [1.54, 1.807) is 24.2 Å². The van der Waals surface area contributed by atoms with Gasteiger partial charge in [-0.05, 0) is 17.7 Å². The van der Waals surface area contributed by atoms with Gasteiger partial charge in [0.2, 0.25) is 0 Å². The van der Waals surface area contributed by atoms with E-state index in [1.807, 2.05) is 24.3 Å². The molecule has 0 aliphatic rings. The van der Waals surface area contributed by atoms with Crippen molar-refractivity contribution in [1.29, 1.82) is 0 Å². The Kier molecular flexibility index (Phi) is 4.36. The number of nitrogens with zero attached hydrogens (tertiary/aromatic N) is 2. The zero-order valence-electron chi connectivity index (χ0n) is 9.01. The molecule has 3 nitrogen and oxygen atoms in total. The molecule has 0 unspecified atom stereocenters. The van der Waals surface area contributed by atoms with Crippen molar-refractivity contribution in [3.05, 3.63) is 52.8 Å². The Balaban J connectivity index is 1.95. The molecule has 17 heavy (non-hydrogen) atoms. The normalized spacial score (nSPS) is 10.5. The van der Waals surface area contributed by atoms with Crippen LogP contribution in [0.5, 0.6) is 0 Å². The smallest absolute Gasteiger partial charge is 0.187 e. The van der Waals surface area contributed by atoms with Gasteiger partial charge in [-0.3, -0.25) is 0 Å². The number of aliphatic hydroxyl groups excluding tert-OH is 1. The zero-order valence-corrected chi connectivity index (χ0v) is 10.6. The Morgan fingerprint density at radius 2 is 1.71 bits per heavy atom. The summed E-state index contributed by atoms with van der Waals surface area (Å²) in [6.07, 6.45) is 3.27. The minimum atomic E-state index is -0.0257. The van der Waals surface area contributed by atoms with Crippen LogP contribution >= 0.6 is 23.4 Å². The van der Waals surface area contributed by atoms with E-state index < -0.39 is 0 Å². The van der Waals surface area contributed by atoms with Crippen LogP contribution in [0.3, 0.4) is 0 Å². The van der Waals surface area contributed by atoms with Gasteiger partial charge in [-0.15, -0.1) is 0 Å². The van der Waals surface area contributed by atoms with Crippen LogP contribution in [0.1, 0.15) is 11.1 Å². The quantitative estimate of drug-likeness (QED) is 0.683. The molecule has 5 heteroatoms. The number of aliphatic hydroxyl groups is 1. The van der Waals surface area contributed by atoms with Crippen molar-refractivity contribution in [1.82, 2.24) is 9.97 Å². The molecule has 0 spiro atoms. The fraction of sp³-hybridized carbons (Fsp3) is 0.167. The van der Waals surface area contributed by atoms with Gasteiger partial charge in [0.05, 0.1) is 6.61 Å². The second-order valence-corrected chi connectivity index (χ2v) is 4.83. The average Bonchev–Trinajstić information content (AvgIpc) is 2.39. The molecule has 1 aromatic heterocycles. The molecule has 0 radical (unpaired) electrons. The van der Waals surface area contributed by atoms with Crippen LogP contribution in [0, 0.1) is 0 Å². The first kappa shape index (κ1) is 12.4. The van der Waals surface area contributed by atoms with Gasteiger partial charge in [-0.1, -0.05) is 35.5 Å². The highest BCUT2D eigenvalue weighted by Crippen LogP contribution is 2.20. The summed E-state index contributed by atoms with van der Waals surface area (Å²) in [7, 11) is 0. The lowest BCUT2D eigenvalue weighted by molar-refractivity contribution is 0.280. The number of rotatable bonds is 4. The molecule has 1 aromatic carbocycles. The first-order valence-electron chi connectivity index (χ1n) is 5.07. The van der Waals surface area contributed by atoms with Crippen LogP contribution in [0.15, 0.2) is 41.8 Å². The van der Waals surface area contributed by atoms with E-state index >= 15 is 0 Å². The van der Waals surface area contributed by atoms with E-state index in [0.29, 0.717) is 5.16 Å². The molecule has 88 valence electrons. The maximum Gasteiger partial charge on any atom is 0.187 e. The van der Waals surface area contributed by atoms with E-state index in [1.165, 1.54) is 5.56 Å². The number of benzene rings is 1. The van der Waals surface area contributed by atoms with E-state index in [-0.39, 0.29) is 6.61 Å². The third-order valence-corrected chi connectivity index (χ3v) is 3.34. The van der Waals surface area contributed by atoms with Gasteiger partial charge in [0.25, 0.3) is 0 Å². The summed E-state index contributed by atoms with van der Waals surface area (Å²) in [6, 6.07) is 7.70. The second-order valence-electron chi connectivity index (χ2n) is 3.45. The summed E-state index contributed by atoms with van der Waals surface area (Å²) < 4.78 is 0. The molecule has 0 bridgehead atoms. The third kappa shape index (κ3) is 3.70. The van der Waals surface area contributed by atoms with Gasteiger partial charge < -0.3 is 5.11 Å². The van der Waals surface area contributed by atoms with Crippen molar-refractivity contribution in [2.24, 2.45) is 0 Å². The van der Waals surface area contributed by atoms with Gasteiger partial charge in [0.1, 0.15) is 0 Å². The summed E-state index contributed by atoms with van der Waals surface area (Å²) in [5, 5.41) is 10.3. The molecule has 2 aromatic rings. The fourth-order valence-electron chi connectivity index (χ4n) is 1.23.